The van der Waals surface area contributed by atoms with Crippen molar-refractivity contribution in [3.05, 3.63) is 42.0 Å². The maximum absolute atomic E-state index is 12.8. The van der Waals surface area contributed by atoms with Crippen LogP contribution >= 0.6 is 0 Å². The number of nitrogens with zero attached hydrogens (tertiary/aromatic N) is 1. The molecule has 2 aliphatic carbocycles. The molecule has 0 spiro atoms. The van der Waals surface area contributed by atoms with Crippen molar-refractivity contribution in [2.75, 3.05) is 18.1 Å². The first-order chi connectivity index (χ1) is 13.1. The molecule has 2 aliphatic heterocycles. The Bertz CT molecular complexity index is 795. The van der Waals surface area contributed by atoms with Gasteiger partial charge in [0.05, 0.1) is 23.6 Å². The Morgan fingerprint density at radius 2 is 1.74 bits per heavy atom. The lowest BCUT2D eigenvalue weighted by Gasteiger charge is -2.17. The zero-order valence-electron chi connectivity index (χ0n) is 15.0. The number of carbonyl (C=O) groups is 3. The summed E-state index contributed by atoms with van der Waals surface area (Å²) in [6, 6.07) is 6.71. The molecule has 2 heterocycles. The number of hydrogen-bond donors (Lipinski definition) is 1. The average Bonchev–Trinajstić information content (AvgIpc) is 3.45. The molecule has 6 heteroatoms. The molecular weight excluding hydrogens is 344 g/mol. The number of hydrogen-bond acceptors (Lipinski definition) is 4. The first-order valence-corrected chi connectivity index (χ1v) is 9.69. The number of allylic oxidation sites excluding steroid dienone is 2. The molecule has 140 valence electrons. The van der Waals surface area contributed by atoms with Crippen molar-refractivity contribution in [3.63, 3.8) is 0 Å². The second kappa shape index (κ2) is 6.30. The van der Waals surface area contributed by atoms with Crippen molar-refractivity contribution in [2.45, 2.75) is 25.4 Å². The van der Waals surface area contributed by atoms with E-state index in [0.717, 1.165) is 25.9 Å². The molecule has 4 aliphatic rings. The van der Waals surface area contributed by atoms with Crippen molar-refractivity contribution >= 4 is 23.4 Å². The summed E-state index contributed by atoms with van der Waals surface area (Å²) in [5.41, 5.74) is 1.06. The topological polar surface area (TPSA) is 75.7 Å². The Labute approximate surface area is 157 Å². The molecule has 1 N–H and O–H groups in total. The molecule has 2 saturated heterocycles. The van der Waals surface area contributed by atoms with E-state index in [2.05, 4.69) is 17.5 Å². The maximum Gasteiger partial charge on any atom is 0.251 e. The Kier molecular flexibility index (Phi) is 3.90. The monoisotopic (exact) mass is 366 g/mol. The van der Waals surface area contributed by atoms with Crippen LogP contribution in [0.25, 0.3) is 0 Å². The van der Waals surface area contributed by atoms with E-state index in [1.54, 1.807) is 24.3 Å². The lowest BCUT2D eigenvalue weighted by Crippen LogP contribution is -2.33. The van der Waals surface area contributed by atoms with E-state index in [9.17, 15) is 14.4 Å². The maximum atomic E-state index is 12.8. The predicted molar refractivity (Wildman–Crippen MR) is 98.0 cm³/mol. The van der Waals surface area contributed by atoms with Crippen molar-refractivity contribution in [2.24, 2.45) is 23.7 Å². The number of fused-ring (bicyclic) bond motifs is 5. The summed E-state index contributed by atoms with van der Waals surface area (Å²) >= 11 is 0. The van der Waals surface area contributed by atoms with Crippen LogP contribution in [0.2, 0.25) is 0 Å². The second-order valence-electron chi connectivity index (χ2n) is 7.90. The Morgan fingerprint density at radius 1 is 1.07 bits per heavy atom. The van der Waals surface area contributed by atoms with E-state index >= 15 is 0 Å². The van der Waals surface area contributed by atoms with Gasteiger partial charge < -0.3 is 10.1 Å². The van der Waals surface area contributed by atoms with Gasteiger partial charge in [-0.25, -0.2) is 0 Å². The minimum absolute atomic E-state index is 0.0939. The third-order valence-electron chi connectivity index (χ3n) is 6.37. The van der Waals surface area contributed by atoms with Crippen LogP contribution < -0.4 is 10.2 Å². The van der Waals surface area contributed by atoms with Crippen LogP contribution in [-0.2, 0) is 14.3 Å². The summed E-state index contributed by atoms with van der Waals surface area (Å²) < 4.78 is 5.51. The van der Waals surface area contributed by atoms with Crippen LogP contribution in [0.4, 0.5) is 5.69 Å². The summed E-state index contributed by atoms with van der Waals surface area (Å²) in [6.45, 7) is 1.26. The third-order valence-corrected chi connectivity index (χ3v) is 6.37. The fraction of sp³-hybridized carbons (Fsp3) is 0.476. The Morgan fingerprint density at radius 3 is 2.33 bits per heavy atom. The van der Waals surface area contributed by atoms with Gasteiger partial charge in [0.2, 0.25) is 11.8 Å². The number of amides is 3. The van der Waals surface area contributed by atoms with Crippen LogP contribution in [0.3, 0.4) is 0 Å². The summed E-state index contributed by atoms with van der Waals surface area (Å²) in [5, 5.41) is 2.88. The summed E-state index contributed by atoms with van der Waals surface area (Å²) in [6.07, 6.45) is 7.19. The number of imide groups is 1. The van der Waals surface area contributed by atoms with Crippen molar-refractivity contribution in [1.82, 2.24) is 5.32 Å². The molecule has 5 atom stereocenters. The van der Waals surface area contributed by atoms with Gasteiger partial charge in [-0.3, -0.25) is 19.3 Å². The second-order valence-corrected chi connectivity index (χ2v) is 7.90. The van der Waals surface area contributed by atoms with Crippen LogP contribution in [0, 0.1) is 23.7 Å². The van der Waals surface area contributed by atoms with Gasteiger partial charge in [0.25, 0.3) is 5.91 Å². The molecule has 0 unspecified atom stereocenters. The van der Waals surface area contributed by atoms with Crippen LogP contribution in [0.1, 0.15) is 29.6 Å². The van der Waals surface area contributed by atoms with Crippen molar-refractivity contribution in [1.29, 1.82) is 0 Å². The van der Waals surface area contributed by atoms with Gasteiger partial charge in [-0.1, -0.05) is 12.2 Å². The standard InChI is InChI=1S/C21H22N2O4/c24-19(22-11-16-2-1-9-27-16)12-5-7-15(8-6-12)23-20(25)17-13-3-4-14(10-13)18(17)21(23)26/h3-8,13-14,16-18H,1-2,9-11H2,(H,22,24)/t13-,14-,16+,17-,18+/m0/s1. The smallest absolute Gasteiger partial charge is 0.251 e. The highest BCUT2D eigenvalue weighted by molar-refractivity contribution is 6.22. The summed E-state index contributed by atoms with van der Waals surface area (Å²) in [4.78, 5) is 39.3. The van der Waals surface area contributed by atoms with Crippen LogP contribution in [0.5, 0.6) is 0 Å². The van der Waals surface area contributed by atoms with Gasteiger partial charge >= 0.3 is 0 Å². The van der Waals surface area contributed by atoms with E-state index in [1.807, 2.05) is 0 Å². The molecule has 1 saturated carbocycles. The summed E-state index contributed by atoms with van der Waals surface area (Å²) in [5.74, 6) is -0.387. The molecule has 27 heavy (non-hydrogen) atoms. The van der Waals surface area contributed by atoms with Crippen molar-refractivity contribution < 1.29 is 19.1 Å². The minimum atomic E-state index is -0.207. The Balaban J connectivity index is 1.28. The number of nitrogens with one attached hydrogen (secondary N) is 1. The third kappa shape index (κ3) is 2.62. The lowest BCUT2D eigenvalue weighted by molar-refractivity contribution is -0.123. The lowest BCUT2D eigenvalue weighted by atomic mass is 9.85. The van der Waals surface area contributed by atoms with E-state index in [4.69, 9.17) is 4.74 Å². The van der Waals surface area contributed by atoms with Crippen LogP contribution in [-0.4, -0.2) is 37.0 Å². The van der Waals surface area contributed by atoms with E-state index in [1.165, 1.54) is 4.90 Å². The van der Waals surface area contributed by atoms with Crippen molar-refractivity contribution in [3.8, 4) is 0 Å². The first-order valence-electron chi connectivity index (χ1n) is 9.69. The van der Waals surface area contributed by atoms with Gasteiger partial charge in [0, 0.05) is 18.7 Å². The highest BCUT2D eigenvalue weighted by atomic mass is 16.5. The minimum Gasteiger partial charge on any atom is -0.376 e. The van der Waals surface area contributed by atoms with E-state index in [-0.39, 0.29) is 47.5 Å². The average molecular weight is 366 g/mol. The molecule has 1 aromatic carbocycles. The zero-order valence-corrected chi connectivity index (χ0v) is 15.0. The SMILES string of the molecule is O=C(NC[C@H]1CCCO1)c1ccc(N2C(=O)[C@@H]3[C@H](C2=O)[C@H]2C=C[C@H]3C2)cc1. The fourth-order valence-corrected chi connectivity index (χ4v) is 5.03. The highest BCUT2D eigenvalue weighted by Gasteiger charge is 2.59. The molecule has 0 radical (unpaired) electrons. The van der Waals surface area contributed by atoms with E-state index in [0.29, 0.717) is 17.8 Å². The summed E-state index contributed by atoms with van der Waals surface area (Å²) in [7, 11) is 0. The number of rotatable bonds is 4. The molecular formula is C21H22N2O4. The fourth-order valence-electron chi connectivity index (χ4n) is 5.03. The number of benzene rings is 1. The van der Waals surface area contributed by atoms with Gasteiger partial charge in [-0.2, -0.15) is 0 Å². The molecule has 3 amide bonds. The molecule has 0 aromatic heterocycles. The zero-order chi connectivity index (χ0) is 18.5. The number of carbonyl (C=O) groups excluding carboxylic acids is 3. The van der Waals surface area contributed by atoms with Gasteiger partial charge in [-0.15, -0.1) is 0 Å². The van der Waals surface area contributed by atoms with Gasteiger partial charge in [0.15, 0.2) is 0 Å². The highest BCUT2D eigenvalue weighted by Crippen LogP contribution is 2.53. The molecule has 2 bridgehead atoms. The Hall–Kier alpha value is -2.47. The van der Waals surface area contributed by atoms with Gasteiger partial charge in [-0.05, 0) is 55.4 Å². The molecule has 3 fully saturated rings. The predicted octanol–water partition coefficient (Wildman–Crippen LogP) is 1.91. The number of anilines is 1. The van der Waals surface area contributed by atoms with Gasteiger partial charge in [0.1, 0.15) is 0 Å². The quantitative estimate of drug-likeness (QED) is 0.652. The van der Waals surface area contributed by atoms with Crippen LogP contribution in [0.15, 0.2) is 36.4 Å². The first kappa shape index (κ1) is 16.7. The van der Waals surface area contributed by atoms with E-state index < -0.39 is 0 Å². The number of ether oxygens (including phenoxy) is 1. The molecule has 6 nitrogen and oxygen atoms in total. The largest absolute Gasteiger partial charge is 0.376 e. The molecule has 1 aromatic rings. The normalized spacial score (nSPS) is 33.8. The molecule has 5 rings (SSSR count).